The molecule has 0 saturated carbocycles. The van der Waals surface area contributed by atoms with Gasteiger partial charge in [0, 0.05) is 45.6 Å². The molecule has 184 valence electrons. The Balaban J connectivity index is 1.31. The fraction of sp³-hybridized carbons (Fsp3) is 0.259. The summed E-state index contributed by atoms with van der Waals surface area (Å²) < 4.78 is 8.80. The Morgan fingerprint density at radius 2 is 1.50 bits per heavy atom. The molecule has 3 aliphatic heterocycles. The van der Waals surface area contributed by atoms with Gasteiger partial charge in [-0.25, -0.2) is 0 Å². The van der Waals surface area contributed by atoms with E-state index >= 15 is 0 Å². The summed E-state index contributed by atoms with van der Waals surface area (Å²) in [5, 5.41) is 4.51. The number of rotatable bonds is 5. The quantitative estimate of drug-likeness (QED) is 0.433. The van der Waals surface area contributed by atoms with Crippen molar-refractivity contribution in [3.8, 4) is 22.7 Å². The van der Waals surface area contributed by atoms with E-state index in [2.05, 4.69) is 5.10 Å². The molecule has 9 nitrogen and oxygen atoms in total. The van der Waals surface area contributed by atoms with Crippen LogP contribution in [0.1, 0.15) is 17.3 Å². The number of piperazine rings is 1. The number of carbonyl (C=O) groups is 2. The number of fused-ring (bicyclic) bond motifs is 1. The van der Waals surface area contributed by atoms with Crippen molar-refractivity contribution < 1.29 is 14.3 Å². The molecule has 2 amide bonds. The first kappa shape index (κ1) is 23.3. The molecule has 0 aromatic heterocycles. The van der Waals surface area contributed by atoms with Crippen LogP contribution in [0.15, 0.2) is 77.9 Å². The summed E-state index contributed by atoms with van der Waals surface area (Å²) in [6.45, 7) is 3.30. The molecule has 1 saturated heterocycles. The van der Waals surface area contributed by atoms with Crippen molar-refractivity contribution in [2.75, 3.05) is 26.2 Å². The lowest BCUT2D eigenvalue weighted by atomic mass is 10.1. The van der Waals surface area contributed by atoms with E-state index in [1.165, 1.54) is 4.68 Å². The van der Waals surface area contributed by atoms with Crippen LogP contribution in [0.25, 0.3) is 16.9 Å². The molecule has 0 unspecified atom stereocenters. The number of ether oxygens (including phenoxy) is 1. The lowest BCUT2D eigenvalue weighted by Crippen LogP contribution is -2.53. The first-order valence-corrected chi connectivity index (χ1v) is 11.9. The first-order valence-electron chi connectivity index (χ1n) is 11.9. The number of nitrogens with zero attached hydrogens (tertiary/aromatic N) is 5. The molecule has 0 bridgehead atoms. The third kappa shape index (κ3) is 4.47. The van der Waals surface area contributed by atoms with Crippen LogP contribution in [0.2, 0.25) is 0 Å². The molecular formula is C27H27N5O4. The molecule has 0 radical (unpaired) electrons. The van der Waals surface area contributed by atoms with Crippen molar-refractivity contribution in [2.24, 2.45) is 7.05 Å². The van der Waals surface area contributed by atoms with Crippen LogP contribution in [-0.4, -0.2) is 68.2 Å². The van der Waals surface area contributed by atoms with Gasteiger partial charge in [-0.2, -0.15) is 9.78 Å². The highest BCUT2D eigenvalue weighted by atomic mass is 16.5. The molecule has 0 aliphatic carbocycles. The number of pyridine rings is 1. The van der Waals surface area contributed by atoms with Gasteiger partial charge in [0.05, 0.1) is 16.8 Å². The minimum absolute atomic E-state index is 0.114. The van der Waals surface area contributed by atoms with Crippen LogP contribution in [0, 0.1) is 0 Å². The van der Waals surface area contributed by atoms with E-state index < -0.39 is 6.10 Å². The lowest BCUT2D eigenvalue weighted by molar-refractivity contribution is -0.139. The van der Waals surface area contributed by atoms with E-state index in [-0.39, 0.29) is 17.4 Å². The van der Waals surface area contributed by atoms with Gasteiger partial charge in [0.1, 0.15) is 11.4 Å². The SMILES string of the molecule is C[C@@H](Oc1ccccc1)C(=O)N1CCN(C(=O)c2cn(C)cc3c(=O)n(-c4ccccc4)nc2-3)CC1. The highest BCUT2D eigenvalue weighted by Crippen LogP contribution is 2.24. The summed E-state index contributed by atoms with van der Waals surface area (Å²) in [5.41, 5.74) is 1.48. The Hall–Kier alpha value is -4.40. The molecule has 2 aromatic rings. The van der Waals surface area contributed by atoms with Crippen molar-refractivity contribution >= 4 is 11.8 Å². The maximum atomic E-state index is 13.5. The van der Waals surface area contributed by atoms with Crippen LogP contribution in [0.5, 0.6) is 5.75 Å². The number of carbonyl (C=O) groups excluding carboxylic acids is 2. The molecule has 2 aromatic carbocycles. The maximum Gasteiger partial charge on any atom is 0.282 e. The Morgan fingerprint density at radius 1 is 0.889 bits per heavy atom. The summed E-state index contributed by atoms with van der Waals surface area (Å²) in [5.74, 6) is 0.312. The van der Waals surface area contributed by atoms with Gasteiger partial charge >= 0.3 is 0 Å². The van der Waals surface area contributed by atoms with Crippen LogP contribution < -0.4 is 10.3 Å². The van der Waals surface area contributed by atoms with Gasteiger partial charge in [-0.1, -0.05) is 36.4 Å². The zero-order valence-electron chi connectivity index (χ0n) is 20.2. The second-order valence-electron chi connectivity index (χ2n) is 8.84. The minimum atomic E-state index is -0.625. The van der Waals surface area contributed by atoms with E-state index in [4.69, 9.17) is 4.74 Å². The summed E-state index contributed by atoms with van der Waals surface area (Å²) in [6.07, 6.45) is 2.76. The third-order valence-corrected chi connectivity index (χ3v) is 6.31. The Kier molecular flexibility index (Phi) is 6.28. The molecule has 9 heteroatoms. The fourth-order valence-corrected chi connectivity index (χ4v) is 4.45. The monoisotopic (exact) mass is 485 g/mol. The smallest absolute Gasteiger partial charge is 0.282 e. The average molecular weight is 486 g/mol. The number of benzene rings is 2. The van der Waals surface area contributed by atoms with Crippen LogP contribution in [0.3, 0.4) is 0 Å². The van der Waals surface area contributed by atoms with E-state index in [1.54, 1.807) is 52.9 Å². The van der Waals surface area contributed by atoms with Gasteiger partial charge in [0.2, 0.25) is 0 Å². The number of hydrogen-bond donors (Lipinski definition) is 0. The van der Waals surface area contributed by atoms with Crippen molar-refractivity contribution in [3.05, 3.63) is 89.0 Å². The largest absolute Gasteiger partial charge is 0.481 e. The highest BCUT2D eigenvalue weighted by Gasteiger charge is 2.31. The number of para-hydroxylation sites is 2. The van der Waals surface area contributed by atoms with Gasteiger partial charge in [-0.05, 0) is 31.2 Å². The van der Waals surface area contributed by atoms with E-state index in [0.717, 1.165) is 0 Å². The van der Waals surface area contributed by atoms with Crippen molar-refractivity contribution in [1.82, 2.24) is 24.1 Å². The lowest BCUT2D eigenvalue weighted by Gasteiger charge is -2.36. The van der Waals surface area contributed by atoms with Crippen molar-refractivity contribution in [2.45, 2.75) is 13.0 Å². The summed E-state index contributed by atoms with van der Waals surface area (Å²) in [7, 11) is 1.78. The second-order valence-corrected chi connectivity index (χ2v) is 8.84. The third-order valence-electron chi connectivity index (χ3n) is 6.31. The number of amides is 2. The summed E-state index contributed by atoms with van der Waals surface area (Å²) in [4.78, 5) is 42.9. The minimum Gasteiger partial charge on any atom is -0.481 e. The van der Waals surface area contributed by atoms with Crippen molar-refractivity contribution in [3.63, 3.8) is 0 Å². The number of aromatic nitrogens is 3. The van der Waals surface area contributed by atoms with Gasteiger partial charge in [0.25, 0.3) is 17.4 Å². The second kappa shape index (κ2) is 9.69. The van der Waals surface area contributed by atoms with Crippen molar-refractivity contribution in [1.29, 1.82) is 0 Å². The molecule has 3 aliphatic rings. The Bertz CT molecular complexity index is 1410. The zero-order valence-corrected chi connectivity index (χ0v) is 20.2. The summed E-state index contributed by atoms with van der Waals surface area (Å²) in [6, 6.07) is 18.4. The van der Waals surface area contributed by atoms with Gasteiger partial charge in [-0.15, -0.1) is 0 Å². The van der Waals surface area contributed by atoms with Crippen LogP contribution >= 0.6 is 0 Å². The predicted octanol–water partition coefficient (Wildman–Crippen LogP) is 2.43. The zero-order chi connectivity index (χ0) is 25.2. The van der Waals surface area contributed by atoms with E-state index in [9.17, 15) is 14.4 Å². The van der Waals surface area contributed by atoms with Gasteiger partial charge < -0.3 is 19.1 Å². The average Bonchev–Trinajstić information content (AvgIpc) is 3.24. The fourth-order valence-electron chi connectivity index (χ4n) is 4.45. The molecule has 0 spiro atoms. The topological polar surface area (TPSA) is 89.7 Å². The summed E-state index contributed by atoms with van der Waals surface area (Å²) >= 11 is 0. The standard InChI is InChI=1S/C27H27N5O4/c1-19(36-21-11-7-4-8-12-21)25(33)30-13-15-31(16-14-30)26(34)22-17-29(2)18-23-24(22)28-32(27(23)35)20-9-5-3-6-10-20/h3-12,17-19H,13-16H2,1-2H3/t19-/m1/s1. The predicted molar refractivity (Wildman–Crippen MR) is 134 cm³/mol. The van der Waals surface area contributed by atoms with Gasteiger partial charge in [-0.3, -0.25) is 14.4 Å². The molecule has 5 rings (SSSR count). The van der Waals surface area contributed by atoms with E-state index in [0.29, 0.717) is 54.4 Å². The van der Waals surface area contributed by atoms with Gasteiger partial charge in [0.15, 0.2) is 6.10 Å². The van der Waals surface area contributed by atoms with Crippen LogP contribution in [-0.2, 0) is 11.8 Å². The van der Waals surface area contributed by atoms with E-state index in [1.807, 2.05) is 48.5 Å². The normalized spacial score (nSPS) is 14.6. The maximum absolute atomic E-state index is 13.5. The molecule has 1 fully saturated rings. The first-order chi connectivity index (χ1) is 17.4. The number of hydrogen-bond acceptors (Lipinski definition) is 5. The Morgan fingerprint density at radius 3 is 2.17 bits per heavy atom. The molecule has 36 heavy (non-hydrogen) atoms. The molecular weight excluding hydrogens is 458 g/mol. The molecule has 1 atom stereocenters. The van der Waals surface area contributed by atoms with Crippen LogP contribution in [0.4, 0.5) is 0 Å². The Labute approximate surface area is 208 Å². The molecule has 3 heterocycles. The number of aryl methyl sites for hydroxylation is 1. The highest BCUT2D eigenvalue weighted by molar-refractivity contribution is 6.00. The molecule has 0 N–H and O–H groups in total.